The van der Waals surface area contributed by atoms with Crippen LogP contribution in [0.3, 0.4) is 0 Å². The molecule has 0 atom stereocenters. The Kier molecular flexibility index (Phi) is 6.57. The van der Waals surface area contributed by atoms with Crippen LogP contribution < -0.4 is 9.47 Å². The Morgan fingerprint density at radius 1 is 0.957 bits per heavy atom. The van der Waals surface area contributed by atoms with Gasteiger partial charge in [0.05, 0.1) is 26.9 Å². The minimum atomic E-state index is -0.705. The van der Waals surface area contributed by atoms with E-state index in [0.29, 0.717) is 22.6 Å². The molecule has 1 aromatic rings. The number of methoxy groups -OCH3 is 3. The van der Waals surface area contributed by atoms with Gasteiger partial charge in [-0.25, -0.2) is 4.79 Å². The molecule has 0 aliphatic rings. The van der Waals surface area contributed by atoms with Crippen LogP contribution in [-0.2, 0) is 14.3 Å². The number of ether oxygens (including phenoxy) is 3. The Hall–Kier alpha value is -2.56. The molecule has 0 N–H and O–H groups in total. The molecule has 0 amide bonds. The molecule has 0 heterocycles. The Morgan fingerprint density at radius 3 is 1.87 bits per heavy atom. The summed E-state index contributed by atoms with van der Waals surface area (Å²) in [4.78, 5) is 24.6. The smallest absolute Gasteiger partial charge is 0.341 e. The maximum atomic E-state index is 12.6. The number of hydrogen-bond donors (Lipinski definition) is 0. The van der Waals surface area contributed by atoms with E-state index in [2.05, 4.69) is 0 Å². The molecular weight excluding hydrogens is 296 g/mol. The van der Waals surface area contributed by atoms with E-state index in [-0.39, 0.29) is 11.4 Å². The highest BCUT2D eigenvalue weighted by molar-refractivity contribution is 6.26. The van der Waals surface area contributed by atoms with Crippen LogP contribution in [0.15, 0.2) is 34.9 Å². The van der Waals surface area contributed by atoms with E-state index in [1.807, 2.05) is 13.8 Å². The zero-order valence-electron chi connectivity index (χ0n) is 14.4. The van der Waals surface area contributed by atoms with Crippen LogP contribution in [0.4, 0.5) is 0 Å². The van der Waals surface area contributed by atoms with Crippen LogP contribution >= 0.6 is 0 Å². The van der Waals surface area contributed by atoms with Gasteiger partial charge in [-0.15, -0.1) is 0 Å². The molecule has 0 bridgehead atoms. The minimum absolute atomic E-state index is 0.0750. The number of Topliss-reactive ketones (excluding diaryl/α,β-unsaturated/α-hetero) is 1. The number of carbonyl (C=O) groups excluding carboxylic acids is 2. The van der Waals surface area contributed by atoms with E-state index < -0.39 is 5.97 Å². The summed E-state index contributed by atoms with van der Waals surface area (Å²) in [5.41, 5.74) is 1.76. The maximum absolute atomic E-state index is 12.6. The molecule has 0 aliphatic heterocycles. The summed E-state index contributed by atoms with van der Waals surface area (Å²) in [6.45, 7) is 5.30. The van der Waals surface area contributed by atoms with Crippen LogP contribution in [0.2, 0.25) is 0 Å². The zero-order chi connectivity index (χ0) is 17.6. The fraction of sp³-hybridized carbons (Fsp3) is 0.333. The largest absolute Gasteiger partial charge is 0.496 e. The van der Waals surface area contributed by atoms with Crippen molar-refractivity contribution in [3.05, 3.63) is 40.5 Å². The highest BCUT2D eigenvalue weighted by Gasteiger charge is 2.22. The van der Waals surface area contributed by atoms with Gasteiger partial charge in [0.2, 0.25) is 0 Å². The molecule has 0 saturated carbocycles. The SMILES string of the molecule is COC(=O)/C(=C/c1c(OC)cccc1OC)C(=O)C(C)=C(C)C. The molecule has 0 aromatic heterocycles. The van der Waals surface area contributed by atoms with Crippen molar-refractivity contribution in [2.75, 3.05) is 21.3 Å². The van der Waals surface area contributed by atoms with E-state index >= 15 is 0 Å². The van der Waals surface area contributed by atoms with E-state index in [0.717, 1.165) is 5.57 Å². The molecule has 0 fully saturated rings. The molecular formula is C18H22O5. The van der Waals surface area contributed by atoms with Crippen molar-refractivity contribution >= 4 is 17.8 Å². The van der Waals surface area contributed by atoms with Gasteiger partial charge in [-0.2, -0.15) is 0 Å². The number of rotatable bonds is 6. The topological polar surface area (TPSA) is 61.8 Å². The Balaban J connectivity index is 3.57. The first-order valence-electron chi connectivity index (χ1n) is 7.07. The molecule has 0 spiro atoms. The molecule has 1 aromatic carbocycles. The third-order valence-electron chi connectivity index (χ3n) is 3.50. The van der Waals surface area contributed by atoms with Gasteiger partial charge in [0, 0.05) is 0 Å². The summed E-state index contributed by atoms with van der Waals surface area (Å²) in [6, 6.07) is 5.21. The standard InChI is InChI=1S/C18H22O5/c1-11(2)12(3)17(19)14(18(20)23-6)10-13-15(21-4)8-7-9-16(13)22-5/h7-10H,1-6H3/b14-10+. The number of allylic oxidation sites excluding steroid dienone is 2. The van der Waals surface area contributed by atoms with Gasteiger partial charge in [0.25, 0.3) is 0 Å². The van der Waals surface area contributed by atoms with Crippen molar-refractivity contribution in [2.45, 2.75) is 20.8 Å². The van der Waals surface area contributed by atoms with Crippen molar-refractivity contribution in [3.8, 4) is 11.5 Å². The number of carbonyl (C=O) groups is 2. The second kappa shape index (κ2) is 8.17. The minimum Gasteiger partial charge on any atom is -0.496 e. The molecule has 0 saturated heterocycles. The highest BCUT2D eigenvalue weighted by Crippen LogP contribution is 2.31. The summed E-state index contributed by atoms with van der Waals surface area (Å²) in [5.74, 6) is -0.102. The summed E-state index contributed by atoms with van der Waals surface area (Å²) in [6.07, 6.45) is 1.44. The normalized spacial score (nSPS) is 10.8. The van der Waals surface area contributed by atoms with E-state index in [1.165, 1.54) is 27.4 Å². The average molecular weight is 318 g/mol. The summed E-state index contributed by atoms with van der Waals surface area (Å²) in [5, 5.41) is 0. The van der Waals surface area contributed by atoms with E-state index in [4.69, 9.17) is 14.2 Å². The molecule has 124 valence electrons. The second-order valence-corrected chi connectivity index (χ2v) is 5.08. The first kappa shape index (κ1) is 18.5. The zero-order valence-corrected chi connectivity index (χ0v) is 14.4. The summed E-state index contributed by atoms with van der Waals surface area (Å²) >= 11 is 0. The van der Waals surface area contributed by atoms with Crippen molar-refractivity contribution < 1.29 is 23.8 Å². The first-order chi connectivity index (χ1) is 10.9. The average Bonchev–Trinajstić information content (AvgIpc) is 2.57. The Labute approximate surface area is 136 Å². The van der Waals surface area contributed by atoms with Gasteiger partial charge in [0.1, 0.15) is 17.1 Å². The highest BCUT2D eigenvalue weighted by atomic mass is 16.5. The van der Waals surface area contributed by atoms with Gasteiger partial charge in [-0.3, -0.25) is 4.79 Å². The van der Waals surface area contributed by atoms with E-state index in [1.54, 1.807) is 25.1 Å². The molecule has 5 heteroatoms. The fourth-order valence-electron chi connectivity index (χ4n) is 1.92. The molecule has 0 unspecified atom stereocenters. The van der Waals surface area contributed by atoms with Gasteiger partial charge >= 0.3 is 5.97 Å². The van der Waals surface area contributed by atoms with Crippen LogP contribution in [0, 0.1) is 0 Å². The van der Waals surface area contributed by atoms with Gasteiger partial charge in [0.15, 0.2) is 5.78 Å². The van der Waals surface area contributed by atoms with Crippen molar-refractivity contribution in [1.82, 2.24) is 0 Å². The van der Waals surface area contributed by atoms with Gasteiger partial charge in [-0.05, 0) is 44.6 Å². The van der Waals surface area contributed by atoms with Crippen molar-refractivity contribution in [2.24, 2.45) is 0 Å². The lowest BCUT2D eigenvalue weighted by molar-refractivity contribution is -0.137. The maximum Gasteiger partial charge on any atom is 0.341 e. The summed E-state index contributed by atoms with van der Waals surface area (Å²) in [7, 11) is 4.25. The molecule has 0 aliphatic carbocycles. The van der Waals surface area contributed by atoms with E-state index in [9.17, 15) is 9.59 Å². The number of ketones is 1. The van der Waals surface area contributed by atoms with Crippen LogP contribution in [0.25, 0.3) is 6.08 Å². The first-order valence-corrected chi connectivity index (χ1v) is 7.07. The fourth-order valence-corrected chi connectivity index (χ4v) is 1.92. The van der Waals surface area contributed by atoms with Crippen LogP contribution in [0.5, 0.6) is 11.5 Å². The number of hydrogen-bond acceptors (Lipinski definition) is 5. The molecule has 5 nitrogen and oxygen atoms in total. The lowest BCUT2D eigenvalue weighted by Crippen LogP contribution is -2.16. The second-order valence-electron chi connectivity index (χ2n) is 5.08. The predicted molar refractivity (Wildman–Crippen MR) is 88.6 cm³/mol. The third-order valence-corrected chi connectivity index (χ3v) is 3.50. The molecule has 0 radical (unpaired) electrons. The predicted octanol–water partition coefficient (Wildman–Crippen LogP) is 3.19. The molecule has 23 heavy (non-hydrogen) atoms. The van der Waals surface area contributed by atoms with Gasteiger partial charge in [-0.1, -0.05) is 11.6 Å². The van der Waals surface area contributed by atoms with Crippen LogP contribution in [0.1, 0.15) is 26.3 Å². The Bertz CT molecular complexity index is 642. The van der Waals surface area contributed by atoms with Crippen molar-refractivity contribution in [1.29, 1.82) is 0 Å². The van der Waals surface area contributed by atoms with Crippen LogP contribution in [-0.4, -0.2) is 33.1 Å². The summed E-state index contributed by atoms with van der Waals surface area (Å²) < 4.78 is 15.3. The molecule has 1 rings (SSSR count). The number of benzene rings is 1. The lowest BCUT2D eigenvalue weighted by atomic mass is 9.98. The van der Waals surface area contributed by atoms with Crippen molar-refractivity contribution in [3.63, 3.8) is 0 Å². The Morgan fingerprint density at radius 2 is 1.48 bits per heavy atom. The monoisotopic (exact) mass is 318 g/mol. The van der Waals surface area contributed by atoms with Gasteiger partial charge < -0.3 is 14.2 Å². The third kappa shape index (κ3) is 4.22. The lowest BCUT2D eigenvalue weighted by Gasteiger charge is -2.12. The number of esters is 1. The quantitative estimate of drug-likeness (QED) is 0.349.